The number of aromatic nitrogens is 2. The molecule has 0 fully saturated rings. The van der Waals surface area contributed by atoms with Crippen molar-refractivity contribution in [3.63, 3.8) is 0 Å². The summed E-state index contributed by atoms with van der Waals surface area (Å²) in [5.74, 6) is -0.431. The van der Waals surface area contributed by atoms with Crippen molar-refractivity contribution < 1.29 is 4.79 Å². The van der Waals surface area contributed by atoms with Crippen LogP contribution < -0.4 is 5.32 Å². The third kappa shape index (κ3) is 3.00. The van der Waals surface area contributed by atoms with E-state index in [4.69, 9.17) is 0 Å². The van der Waals surface area contributed by atoms with E-state index in [1.165, 1.54) is 0 Å². The van der Waals surface area contributed by atoms with E-state index in [1.807, 2.05) is 48.7 Å². The molecule has 3 aromatic rings. The molecule has 0 aliphatic carbocycles. The SMILES string of the molecule is Cc1cn2c(/C=C(\C#N)C(=O)Nc3ccccc3)c(C)nc2s1. The number of imidazole rings is 1. The molecule has 3 rings (SSSR count). The van der Waals surface area contributed by atoms with Gasteiger partial charge in [0.05, 0.1) is 11.4 Å². The number of hydrogen-bond acceptors (Lipinski definition) is 4. The fourth-order valence-electron chi connectivity index (χ4n) is 2.26. The number of carbonyl (C=O) groups excluding carboxylic acids is 1. The summed E-state index contributed by atoms with van der Waals surface area (Å²) in [5.41, 5.74) is 2.24. The lowest BCUT2D eigenvalue weighted by Crippen LogP contribution is -2.13. The molecule has 114 valence electrons. The molecule has 6 heteroatoms. The van der Waals surface area contributed by atoms with Gasteiger partial charge in [-0.3, -0.25) is 9.20 Å². The average Bonchev–Trinajstić information content (AvgIpc) is 3.01. The number of nitrogens with zero attached hydrogens (tertiary/aromatic N) is 3. The molecule has 0 aliphatic heterocycles. The van der Waals surface area contributed by atoms with E-state index in [-0.39, 0.29) is 5.57 Å². The molecule has 5 nitrogen and oxygen atoms in total. The summed E-state index contributed by atoms with van der Waals surface area (Å²) in [7, 11) is 0. The van der Waals surface area contributed by atoms with Crippen molar-refractivity contribution in [2.75, 3.05) is 5.32 Å². The average molecular weight is 322 g/mol. The molecular weight excluding hydrogens is 308 g/mol. The van der Waals surface area contributed by atoms with Crippen LogP contribution in [0.15, 0.2) is 42.1 Å². The number of fused-ring (bicyclic) bond motifs is 1. The number of benzene rings is 1. The molecule has 2 aromatic heterocycles. The van der Waals surface area contributed by atoms with Gasteiger partial charge in [-0.05, 0) is 32.1 Å². The number of anilines is 1. The number of carbonyl (C=O) groups is 1. The Balaban J connectivity index is 1.96. The highest BCUT2D eigenvalue weighted by Crippen LogP contribution is 2.22. The standard InChI is InChI=1S/C17H14N4OS/c1-11-10-21-15(12(2)19-17(21)23-11)8-13(9-18)16(22)20-14-6-4-3-5-7-14/h3-8,10H,1-2H3,(H,20,22)/b13-8+. The van der Waals surface area contributed by atoms with Crippen molar-refractivity contribution in [3.8, 4) is 6.07 Å². The molecule has 1 aromatic carbocycles. The van der Waals surface area contributed by atoms with E-state index in [0.717, 1.165) is 21.2 Å². The van der Waals surface area contributed by atoms with Gasteiger partial charge < -0.3 is 5.32 Å². The van der Waals surface area contributed by atoms with E-state index < -0.39 is 5.91 Å². The molecule has 1 amide bonds. The minimum absolute atomic E-state index is 0.0441. The normalized spacial score (nSPS) is 11.4. The molecule has 0 saturated heterocycles. The second-order valence-corrected chi connectivity index (χ2v) is 6.28. The second kappa shape index (κ2) is 6.07. The Kier molecular flexibility index (Phi) is 3.96. The number of thiazole rings is 1. The van der Waals surface area contributed by atoms with Crippen molar-refractivity contribution in [2.45, 2.75) is 13.8 Å². The zero-order valence-corrected chi connectivity index (χ0v) is 13.5. The van der Waals surface area contributed by atoms with Crippen molar-refractivity contribution in [1.82, 2.24) is 9.38 Å². The Morgan fingerprint density at radius 2 is 2.09 bits per heavy atom. The smallest absolute Gasteiger partial charge is 0.266 e. The van der Waals surface area contributed by atoms with Crippen LogP contribution in [0.3, 0.4) is 0 Å². The van der Waals surface area contributed by atoms with Gasteiger partial charge in [0.1, 0.15) is 11.6 Å². The minimum Gasteiger partial charge on any atom is -0.321 e. The van der Waals surface area contributed by atoms with Gasteiger partial charge in [-0.2, -0.15) is 5.26 Å². The molecule has 0 atom stereocenters. The third-order valence-corrected chi connectivity index (χ3v) is 4.24. The fourth-order valence-corrected chi connectivity index (χ4v) is 3.14. The predicted octanol–water partition coefficient (Wildman–Crippen LogP) is 3.56. The van der Waals surface area contributed by atoms with Crippen LogP contribution in [0, 0.1) is 25.2 Å². The third-order valence-electron chi connectivity index (χ3n) is 3.34. The molecular formula is C17H14N4OS. The Hall–Kier alpha value is -2.91. The van der Waals surface area contributed by atoms with E-state index in [2.05, 4.69) is 10.3 Å². The largest absolute Gasteiger partial charge is 0.321 e. The maximum atomic E-state index is 12.3. The maximum Gasteiger partial charge on any atom is 0.266 e. The highest BCUT2D eigenvalue weighted by molar-refractivity contribution is 7.17. The predicted molar refractivity (Wildman–Crippen MR) is 91.2 cm³/mol. The van der Waals surface area contributed by atoms with Gasteiger partial charge in [0, 0.05) is 16.8 Å². The number of hydrogen-bond donors (Lipinski definition) is 1. The van der Waals surface area contributed by atoms with Crippen LogP contribution in [0.4, 0.5) is 5.69 Å². The topological polar surface area (TPSA) is 70.2 Å². The van der Waals surface area contributed by atoms with Gasteiger partial charge in [-0.25, -0.2) is 4.98 Å². The van der Waals surface area contributed by atoms with Crippen molar-refractivity contribution in [1.29, 1.82) is 5.26 Å². The first-order valence-electron chi connectivity index (χ1n) is 7.02. The Morgan fingerprint density at radius 3 is 2.78 bits per heavy atom. The van der Waals surface area contributed by atoms with E-state index in [9.17, 15) is 10.1 Å². The van der Waals surface area contributed by atoms with Crippen LogP contribution in [-0.2, 0) is 4.79 Å². The summed E-state index contributed by atoms with van der Waals surface area (Å²) < 4.78 is 1.91. The first-order chi connectivity index (χ1) is 11.1. The fraction of sp³-hybridized carbons (Fsp3) is 0.118. The van der Waals surface area contributed by atoms with E-state index in [1.54, 1.807) is 29.5 Å². The van der Waals surface area contributed by atoms with Gasteiger partial charge in [0.25, 0.3) is 5.91 Å². The summed E-state index contributed by atoms with van der Waals surface area (Å²) in [5, 5.41) is 12.1. The van der Waals surface area contributed by atoms with Crippen LogP contribution in [0.1, 0.15) is 16.3 Å². The van der Waals surface area contributed by atoms with Crippen LogP contribution >= 0.6 is 11.3 Å². The Bertz CT molecular complexity index is 944. The Morgan fingerprint density at radius 1 is 1.35 bits per heavy atom. The van der Waals surface area contributed by atoms with Gasteiger partial charge in [0.15, 0.2) is 4.96 Å². The summed E-state index contributed by atoms with van der Waals surface area (Å²) >= 11 is 1.57. The lowest BCUT2D eigenvalue weighted by molar-refractivity contribution is -0.112. The number of amides is 1. The highest BCUT2D eigenvalue weighted by atomic mass is 32.1. The molecule has 23 heavy (non-hydrogen) atoms. The second-order valence-electron chi connectivity index (χ2n) is 5.07. The minimum atomic E-state index is -0.431. The first-order valence-corrected chi connectivity index (χ1v) is 7.83. The Labute approximate surface area is 137 Å². The lowest BCUT2D eigenvalue weighted by atomic mass is 10.2. The number of nitrogens with one attached hydrogen (secondary N) is 1. The number of nitriles is 1. The van der Waals surface area contributed by atoms with Crippen LogP contribution in [-0.4, -0.2) is 15.3 Å². The van der Waals surface area contributed by atoms with E-state index in [0.29, 0.717) is 5.69 Å². The molecule has 1 N–H and O–H groups in total. The number of rotatable bonds is 3. The molecule has 0 spiro atoms. The van der Waals surface area contributed by atoms with Gasteiger partial charge >= 0.3 is 0 Å². The molecule has 0 aliphatic rings. The number of para-hydroxylation sites is 1. The molecule has 0 unspecified atom stereocenters. The summed E-state index contributed by atoms with van der Waals surface area (Å²) in [6, 6.07) is 11.0. The summed E-state index contributed by atoms with van der Waals surface area (Å²) in [6.07, 6.45) is 3.54. The zero-order chi connectivity index (χ0) is 16.4. The molecule has 0 radical (unpaired) electrons. The van der Waals surface area contributed by atoms with Gasteiger partial charge in [-0.1, -0.05) is 18.2 Å². The quantitative estimate of drug-likeness (QED) is 0.592. The zero-order valence-electron chi connectivity index (χ0n) is 12.7. The van der Waals surface area contributed by atoms with Crippen molar-refractivity contribution >= 4 is 34.0 Å². The molecule has 0 saturated carbocycles. The molecule has 2 heterocycles. The first kappa shape index (κ1) is 15.0. The van der Waals surface area contributed by atoms with Crippen LogP contribution in [0.2, 0.25) is 0 Å². The summed E-state index contributed by atoms with van der Waals surface area (Å²) in [4.78, 5) is 18.7. The highest BCUT2D eigenvalue weighted by Gasteiger charge is 2.14. The van der Waals surface area contributed by atoms with Crippen LogP contribution in [0.25, 0.3) is 11.0 Å². The van der Waals surface area contributed by atoms with E-state index >= 15 is 0 Å². The van der Waals surface area contributed by atoms with Gasteiger partial charge in [-0.15, -0.1) is 11.3 Å². The van der Waals surface area contributed by atoms with Gasteiger partial charge in [0.2, 0.25) is 0 Å². The monoisotopic (exact) mass is 322 g/mol. The van der Waals surface area contributed by atoms with Crippen LogP contribution in [0.5, 0.6) is 0 Å². The number of aryl methyl sites for hydroxylation is 2. The molecule has 0 bridgehead atoms. The maximum absolute atomic E-state index is 12.3. The summed E-state index contributed by atoms with van der Waals surface area (Å²) in [6.45, 7) is 3.86. The van der Waals surface area contributed by atoms with Crippen molar-refractivity contribution in [2.24, 2.45) is 0 Å². The van der Waals surface area contributed by atoms with Crippen molar-refractivity contribution in [3.05, 3.63) is 58.4 Å². The lowest BCUT2D eigenvalue weighted by Gasteiger charge is -2.03.